The predicted molar refractivity (Wildman–Crippen MR) is 136 cm³/mol. The molecule has 1 saturated carbocycles. The standard InChI is InChI=1S/C26H34FN7O2/c1-15(19-13-22(36-4)30-14-21(19)27)23(35)17-6-5-9-26(10-7-17)11-8-18-12-20(25(33-28)34-29-3)16(2)31-24(18)32-26/h12-15,17H,5-11,28H2,1-4H3,(H,31,32). The molecule has 36 heavy (non-hydrogen) atoms. The number of aryl methyl sites for hydroxylation is 2. The lowest BCUT2D eigenvalue weighted by Crippen LogP contribution is -2.42. The van der Waals surface area contributed by atoms with Gasteiger partial charge in [-0.1, -0.05) is 13.3 Å². The second-order valence-electron chi connectivity index (χ2n) is 9.79. The molecule has 1 fully saturated rings. The first-order valence-corrected chi connectivity index (χ1v) is 12.4. The normalized spacial score (nSPS) is 23.1. The summed E-state index contributed by atoms with van der Waals surface area (Å²) < 4.78 is 19.6. The summed E-state index contributed by atoms with van der Waals surface area (Å²) in [5.74, 6) is 6.00. The Hall–Kier alpha value is -3.43. The third-order valence-electron chi connectivity index (χ3n) is 7.65. The number of nitrogens with zero attached hydrogens (tertiary/aromatic N) is 5. The fraction of sp³-hybridized carbons (Fsp3) is 0.538. The Balaban J connectivity index is 1.49. The van der Waals surface area contributed by atoms with Gasteiger partial charge in [0.1, 0.15) is 17.4 Å². The Kier molecular flexibility index (Phi) is 7.61. The first-order chi connectivity index (χ1) is 17.3. The Labute approximate surface area is 210 Å². The molecule has 2 aromatic rings. The van der Waals surface area contributed by atoms with Crippen molar-refractivity contribution in [2.24, 2.45) is 27.1 Å². The van der Waals surface area contributed by atoms with Crippen molar-refractivity contribution < 1.29 is 13.9 Å². The molecule has 2 aliphatic rings. The van der Waals surface area contributed by atoms with Crippen LogP contribution in [0.4, 0.5) is 10.2 Å². The number of nitrogens with one attached hydrogen (secondary N) is 1. The number of carbonyl (C=O) groups is 1. The number of rotatable bonds is 5. The number of azo groups is 1. The lowest BCUT2D eigenvalue weighted by molar-refractivity contribution is -0.124. The van der Waals surface area contributed by atoms with Crippen LogP contribution in [0.25, 0.3) is 0 Å². The lowest BCUT2D eigenvalue weighted by atomic mass is 9.80. The summed E-state index contributed by atoms with van der Waals surface area (Å²) in [5.41, 5.74) is 2.89. The number of Topliss-reactive ketones (excluding diaryl/α,β-unsaturated/α-hetero) is 1. The molecule has 3 heterocycles. The van der Waals surface area contributed by atoms with Gasteiger partial charge in [0.2, 0.25) is 11.7 Å². The molecular formula is C26H34FN7O2. The molecule has 3 atom stereocenters. The van der Waals surface area contributed by atoms with Gasteiger partial charge in [0, 0.05) is 41.6 Å². The van der Waals surface area contributed by atoms with Gasteiger partial charge in [0.15, 0.2) is 0 Å². The zero-order valence-corrected chi connectivity index (χ0v) is 21.3. The number of aromatic nitrogens is 2. The molecule has 192 valence electrons. The van der Waals surface area contributed by atoms with Crippen LogP contribution in [0.15, 0.2) is 33.7 Å². The number of anilines is 1. The number of hydrogen-bond acceptors (Lipinski definition) is 8. The number of nitrogens with two attached hydrogens (primary N) is 1. The summed E-state index contributed by atoms with van der Waals surface area (Å²) >= 11 is 0. The van der Waals surface area contributed by atoms with Crippen LogP contribution >= 0.6 is 0 Å². The number of hydrogen-bond donors (Lipinski definition) is 2. The van der Waals surface area contributed by atoms with Crippen LogP contribution in [0.5, 0.6) is 5.88 Å². The van der Waals surface area contributed by atoms with E-state index in [2.05, 4.69) is 25.6 Å². The second kappa shape index (κ2) is 10.7. The van der Waals surface area contributed by atoms with Crippen LogP contribution in [0.2, 0.25) is 0 Å². The largest absolute Gasteiger partial charge is 0.481 e. The Morgan fingerprint density at radius 3 is 2.83 bits per heavy atom. The number of methoxy groups -OCH3 is 1. The third-order valence-corrected chi connectivity index (χ3v) is 7.65. The Bertz CT molecular complexity index is 1200. The fourth-order valence-electron chi connectivity index (χ4n) is 5.55. The zero-order chi connectivity index (χ0) is 25.9. The van der Waals surface area contributed by atoms with Gasteiger partial charge in [-0.25, -0.2) is 14.4 Å². The Morgan fingerprint density at radius 1 is 1.31 bits per heavy atom. The summed E-state index contributed by atoms with van der Waals surface area (Å²) in [5, 5.41) is 15.3. The van der Waals surface area contributed by atoms with Gasteiger partial charge < -0.3 is 15.9 Å². The number of ether oxygens (including phenoxy) is 1. The van der Waals surface area contributed by atoms with Gasteiger partial charge in [0.25, 0.3) is 0 Å². The van der Waals surface area contributed by atoms with Crippen molar-refractivity contribution in [2.45, 2.75) is 70.3 Å². The molecule has 1 aliphatic carbocycles. The van der Waals surface area contributed by atoms with E-state index in [4.69, 9.17) is 15.6 Å². The van der Waals surface area contributed by atoms with Gasteiger partial charge in [0.05, 0.1) is 19.0 Å². The average molecular weight is 496 g/mol. The van der Waals surface area contributed by atoms with E-state index in [1.54, 1.807) is 14.0 Å². The molecule has 4 rings (SSSR count). The van der Waals surface area contributed by atoms with Crippen LogP contribution in [0.1, 0.15) is 73.8 Å². The highest BCUT2D eigenvalue weighted by Gasteiger charge is 2.39. The molecule has 0 radical (unpaired) electrons. The molecular weight excluding hydrogens is 461 g/mol. The van der Waals surface area contributed by atoms with Crippen molar-refractivity contribution in [3.63, 3.8) is 0 Å². The maximum absolute atomic E-state index is 14.5. The van der Waals surface area contributed by atoms with Crippen molar-refractivity contribution >= 4 is 17.4 Å². The summed E-state index contributed by atoms with van der Waals surface area (Å²) in [6, 6.07) is 3.57. The third kappa shape index (κ3) is 5.08. The summed E-state index contributed by atoms with van der Waals surface area (Å²) in [4.78, 5) is 22.1. The number of ketones is 1. The highest BCUT2D eigenvalue weighted by atomic mass is 19.1. The molecule has 10 heteroatoms. The number of fused-ring (bicyclic) bond motifs is 1. The van der Waals surface area contributed by atoms with E-state index in [1.165, 1.54) is 13.2 Å². The van der Waals surface area contributed by atoms with Crippen LogP contribution in [-0.4, -0.2) is 41.3 Å². The minimum absolute atomic E-state index is 0.0766. The van der Waals surface area contributed by atoms with E-state index in [0.29, 0.717) is 17.3 Å². The van der Waals surface area contributed by atoms with Crippen molar-refractivity contribution in [1.82, 2.24) is 9.97 Å². The minimum Gasteiger partial charge on any atom is -0.481 e. The van der Waals surface area contributed by atoms with Crippen molar-refractivity contribution in [2.75, 3.05) is 19.5 Å². The number of amidine groups is 1. The highest BCUT2D eigenvalue weighted by Crippen LogP contribution is 2.42. The molecule has 3 N–H and O–H groups in total. The molecule has 3 unspecified atom stereocenters. The van der Waals surface area contributed by atoms with Crippen molar-refractivity contribution in [3.05, 3.63) is 46.5 Å². The highest BCUT2D eigenvalue weighted by molar-refractivity contribution is 6.00. The van der Waals surface area contributed by atoms with Crippen LogP contribution in [0.3, 0.4) is 0 Å². The van der Waals surface area contributed by atoms with Gasteiger partial charge in [-0.2, -0.15) is 10.2 Å². The number of hydrazone groups is 1. The SMILES string of the molecule is CN=NC(=NN)c1cc2c(nc1C)NC1(CCCC(C(=O)C(C)c3cc(OC)ncc3F)CC1)CC2. The molecule has 0 amide bonds. The van der Waals surface area contributed by atoms with Crippen molar-refractivity contribution in [1.29, 1.82) is 0 Å². The van der Waals surface area contributed by atoms with E-state index >= 15 is 0 Å². The van der Waals surface area contributed by atoms with Gasteiger partial charge in [-0.15, -0.1) is 5.11 Å². The quantitative estimate of drug-likeness (QED) is 0.204. The zero-order valence-electron chi connectivity index (χ0n) is 21.3. The van der Waals surface area contributed by atoms with E-state index in [0.717, 1.165) is 73.8 Å². The molecule has 2 aromatic heterocycles. The fourth-order valence-corrected chi connectivity index (χ4v) is 5.55. The molecule has 1 aliphatic heterocycles. The van der Waals surface area contributed by atoms with Gasteiger partial charge >= 0.3 is 0 Å². The van der Waals surface area contributed by atoms with Gasteiger partial charge in [-0.05, 0) is 57.1 Å². The monoisotopic (exact) mass is 495 g/mol. The van der Waals surface area contributed by atoms with E-state index < -0.39 is 11.7 Å². The number of halogens is 1. The topological polar surface area (TPSA) is 127 Å². The first kappa shape index (κ1) is 25.7. The average Bonchev–Trinajstić information content (AvgIpc) is 3.09. The maximum atomic E-state index is 14.5. The van der Waals surface area contributed by atoms with Crippen LogP contribution < -0.4 is 15.9 Å². The van der Waals surface area contributed by atoms with Crippen LogP contribution in [-0.2, 0) is 11.2 Å². The minimum atomic E-state index is -0.553. The lowest BCUT2D eigenvalue weighted by Gasteiger charge is -2.39. The van der Waals surface area contributed by atoms with E-state index in [9.17, 15) is 9.18 Å². The number of pyridine rings is 2. The molecule has 0 aromatic carbocycles. The van der Waals surface area contributed by atoms with Gasteiger partial charge in [-0.3, -0.25) is 4.79 Å². The smallest absolute Gasteiger partial charge is 0.213 e. The van der Waals surface area contributed by atoms with Crippen molar-refractivity contribution in [3.8, 4) is 5.88 Å². The molecule has 0 bridgehead atoms. The predicted octanol–water partition coefficient (Wildman–Crippen LogP) is 4.69. The summed E-state index contributed by atoms with van der Waals surface area (Å²) in [6.07, 6.45) is 7.23. The first-order valence-electron chi connectivity index (χ1n) is 12.4. The summed E-state index contributed by atoms with van der Waals surface area (Å²) in [6.45, 7) is 3.68. The Morgan fingerprint density at radius 2 is 2.11 bits per heavy atom. The molecule has 0 saturated heterocycles. The number of carbonyl (C=O) groups excluding carboxylic acids is 1. The van der Waals surface area contributed by atoms with E-state index in [-0.39, 0.29) is 17.2 Å². The van der Waals surface area contributed by atoms with Crippen LogP contribution in [0, 0.1) is 18.7 Å². The maximum Gasteiger partial charge on any atom is 0.213 e. The second-order valence-corrected chi connectivity index (χ2v) is 9.79. The summed E-state index contributed by atoms with van der Waals surface area (Å²) in [7, 11) is 3.06. The molecule has 9 nitrogen and oxygen atoms in total. The van der Waals surface area contributed by atoms with E-state index in [1.807, 2.05) is 13.0 Å². The molecule has 1 spiro atoms.